The maximum Gasteiger partial charge on any atom is 0.139 e. The van der Waals surface area contributed by atoms with E-state index < -0.39 is 0 Å². The highest BCUT2D eigenvalue weighted by atomic mass is 16.3. The van der Waals surface area contributed by atoms with Crippen LogP contribution in [0.2, 0.25) is 0 Å². The van der Waals surface area contributed by atoms with E-state index in [4.69, 9.17) is 0 Å². The van der Waals surface area contributed by atoms with Crippen LogP contribution in [-0.2, 0) is 0 Å². The molecule has 1 N–H and O–H groups in total. The highest BCUT2D eigenvalue weighted by Gasteiger charge is 2.03. The van der Waals surface area contributed by atoms with E-state index in [0.717, 1.165) is 0 Å². The number of imidazole rings is 1. The molecule has 3 heteroatoms. The highest BCUT2D eigenvalue weighted by Crippen LogP contribution is 2.21. The maximum absolute atomic E-state index is 9.53. The number of hydrogen-bond acceptors (Lipinski definition) is 2. The smallest absolute Gasteiger partial charge is 0.139 e. The van der Waals surface area contributed by atoms with Crippen molar-refractivity contribution in [2.24, 2.45) is 0 Å². The van der Waals surface area contributed by atoms with Gasteiger partial charge in [0.05, 0.1) is 5.69 Å². The van der Waals surface area contributed by atoms with Gasteiger partial charge in [0.1, 0.15) is 11.6 Å². The Kier molecular flexibility index (Phi) is 1.77. The van der Waals surface area contributed by atoms with Gasteiger partial charge in [0.2, 0.25) is 0 Å². The van der Waals surface area contributed by atoms with Gasteiger partial charge < -0.3 is 9.67 Å². The number of phenolic OH excluding ortho intramolecular Hbond substituents is 1. The molecule has 0 aliphatic rings. The second-order valence-corrected chi connectivity index (χ2v) is 2.70. The summed E-state index contributed by atoms with van der Waals surface area (Å²) in [5, 5.41) is 9.53. The lowest BCUT2D eigenvalue weighted by Gasteiger charge is -2.05. The van der Waals surface area contributed by atoms with Gasteiger partial charge in [0.15, 0.2) is 0 Å². The topological polar surface area (TPSA) is 38.0 Å². The lowest BCUT2D eigenvalue weighted by atomic mass is 10.3. The monoisotopic (exact) mass is 173 g/mol. The molecule has 0 atom stereocenters. The average Bonchev–Trinajstić information content (AvgIpc) is 2.52. The Morgan fingerprint density at radius 2 is 2.08 bits per heavy atom. The Balaban J connectivity index is 2.59. The number of benzene rings is 1. The first kappa shape index (κ1) is 7.86. The average molecular weight is 173 g/mol. The summed E-state index contributed by atoms with van der Waals surface area (Å²) >= 11 is 0. The molecule has 1 aromatic heterocycles. The van der Waals surface area contributed by atoms with Gasteiger partial charge in [-0.05, 0) is 12.1 Å². The molecule has 13 heavy (non-hydrogen) atoms. The third-order valence-corrected chi connectivity index (χ3v) is 1.86. The predicted octanol–water partition coefficient (Wildman–Crippen LogP) is 1.76. The van der Waals surface area contributed by atoms with Crippen LogP contribution in [0.25, 0.3) is 5.69 Å². The first-order valence-electron chi connectivity index (χ1n) is 3.93. The number of nitrogens with zero attached hydrogens (tertiary/aromatic N) is 2. The number of rotatable bonds is 1. The van der Waals surface area contributed by atoms with Crippen molar-refractivity contribution in [3.05, 3.63) is 49.4 Å². The van der Waals surface area contributed by atoms with Gasteiger partial charge in [0.25, 0.3) is 0 Å². The molecule has 0 saturated carbocycles. The molecule has 1 heterocycles. The zero-order chi connectivity index (χ0) is 9.26. The molecule has 0 spiro atoms. The van der Waals surface area contributed by atoms with Gasteiger partial charge in [-0.1, -0.05) is 12.1 Å². The first-order valence-corrected chi connectivity index (χ1v) is 3.93. The van der Waals surface area contributed by atoms with Gasteiger partial charge in [-0.15, -0.1) is 0 Å². The molecule has 0 fully saturated rings. The highest BCUT2D eigenvalue weighted by molar-refractivity contribution is 5.46. The van der Waals surface area contributed by atoms with Gasteiger partial charge in [-0.3, -0.25) is 0 Å². The SMILES string of the molecule is [CH2]c1nccn1-c1ccccc1O. The number of phenols is 1. The predicted molar refractivity (Wildman–Crippen MR) is 49.7 cm³/mol. The van der Waals surface area contributed by atoms with Crippen LogP contribution in [0.4, 0.5) is 0 Å². The van der Waals surface area contributed by atoms with E-state index >= 15 is 0 Å². The van der Waals surface area contributed by atoms with Crippen molar-refractivity contribution >= 4 is 0 Å². The van der Waals surface area contributed by atoms with Gasteiger partial charge >= 0.3 is 0 Å². The summed E-state index contributed by atoms with van der Waals surface area (Å²) in [6, 6.07) is 7.08. The molecule has 3 nitrogen and oxygen atoms in total. The number of aromatic hydroxyl groups is 1. The molecule has 1 radical (unpaired) electrons. The Hall–Kier alpha value is -1.77. The summed E-state index contributed by atoms with van der Waals surface area (Å²) in [5.41, 5.74) is 0.699. The summed E-state index contributed by atoms with van der Waals surface area (Å²) in [6.45, 7) is 3.74. The van der Waals surface area contributed by atoms with Crippen LogP contribution in [0.1, 0.15) is 5.82 Å². The fraction of sp³-hybridized carbons (Fsp3) is 0. The molecule has 65 valence electrons. The zero-order valence-corrected chi connectivity index (χ0v) is 7.01. The maximum atomic E-state index is 9.53. The van der Waals surface area contributed by atoms with Crippen LogP contribution in [-0.4, -0.2) is 14.7 Å². The third kappa shape index (κ3) is 1.28. The quantitative estimate of drug-likeness (QED) is 0.713. The summed E-state index contributed by atoms with van der Waals surface area (Å²) in [7, 11) is 0. The molecule has 1 aromatic carbocycles. The molecule has 0 aliphatic carbocycles. The number of aromatic nitrogens is 2. The van der Waals surface area contributed by atoms with Crippen molar-refractivity contribution in [1.82, 2.24) is 9.55 Å². The minimum atomic E-state index is 0.227. The molecule has 0 amide bonds. The minimum absolute atomic E-state index is 0.227. The van der Waals surface area contributed by atoms with Crippen LogP contribution in [0.5, 0.6) is 5.75 Å². The molecule has 0 bridgehead atoms. The summed E-state index contributed by atoms with van der Waals surface area (Å²) in [5.74, 6) is 0.840. The van der Waals surface area contributed by atoms with E-state index in [9.17, 15) is 5.11 Å². The van der Waals surface area contributed by atoms with Crippen molar-refractivity contribution in [2.75, 3.05) is 0 Å². The minimum Gasteiger partial charge on any atom is -0.506 e. The van der Waals surface area contributed by atoms with E-state index in [-0.39, 0.29) is 5.75 Å². The molecular weight excluding hydrogens is 164 g/mol. The van der Waals surface area contributed by atoms with E-state index in [0.29, 0.717) is 11.5 Å². The Labute approximate surface area is 76.3 Å². The van der Waals surface area contributed by atoms with Crippen molar-refractivity contribution in [2.45, 2.75) is 0 Å². The Bertz CT molecular complexity index is 420. The molecule has 0 aliphatic heterocycles. The third-order valence-electron chi connectivity index (χ3n) is 1.86. The second kappa shape index (κ2) is 2.94. The molecule has 0 saturated heterocycles. The largest absolute Gasteiger partial charge is 0.506 e. The normalized spacial score (nSPS) is 10.2. The van der Waals surface area contributed by atoms with Crippen molar-refractivity contribution < 1.29 is 5.11 Å². The molecule has 2 aromatic rings. The summed E-state index contributed by atoms with van der Waals surface area (Å²) < 4.78 is 1.73. The zero-order valence-electron chi connectivity index (χ0n) is 7.01. The van der Waals surface area contributed by atoms with Gasteiger partial charge in [-0.2, -0.15) is 0 Å². The van der Waals surface area contributed by atoms with E-state index in [1.54, 1.807) is 29.1 Å². The van der Waals surface area contributed by atoms with Gasteiger partial charge in [0, 0.05) is 19.3 Å². The molecule has 2 rings (SSSR count). The first-order chi connectivity index (χ1) is 6.29. The fourth-order valence-electron chi connectivity index (χ4n) is 1.22. The Morgan fingerprint density at radius 3 is 2.69 bits per heavy atom. The van der Waals surface area contributed by atoms with Crippen molar-refractivity contribution in [3.8, 4) is 11.4 Å². The number of hydrogen-bond donors (Lipinski definition) is 1. The summed E-state index contributed by atoms with van der Waals surface area (Å²) in [6.07, 6.45) is 3.41. The lowest BCUT2D eigenvalue weighted by Crippen LogP contribution is -1.95. The fourth-order valence-corrected chi connectivity index (χ4v) is 1.22. The van der Waals surface area contributed by atoms with Crippen LogP contribution < -0.4 is 0 Å². The van der Waals surface area contributed by atoms with Crippen molar-refractivity contribution in [3.63, 3.8) is 0 Å². The lowest BCUT2D eigenvalue weighted by molar-refractivity contribution is 0.472. The Morgan fingerprint density at radius 1 is 1.31 bits per heavy atom. The summed E-state index contributed by atoms with van der Waals surface area (Å²) in [4.78, 5) is 3.97. The van der Waals surface area contributed by atoms with Crippen LogP contribution in [0, 0.1) is 6.92 Å². The second-order valence-electron chi connectivity index (χ2n) is 2.70. The van der Waals surface area contributed by atoms with E-state index in [1.165, 1.54) is 0 Å². The molecular formula is C10H9N2O. The number of para-hydroxylation sites is 2. The standard InChI is InChI=1S/C10H9N2O/c1-8-11-6-7-12(8)9-4-2-3-5-10(9)13/h2-7,13H,1H2. The van der Waals surface area contributed by atoms with E-state index in [2.05, 4.69) is 11.9 Å². The van der Waals surface area contributed by atoms with Gasteiger partial charge in [-0.25, -0.2) is 4.98 Å². The van der Waals surface area contributed by atoms with Crippen LogP contribution >= 0.6 is 0 Å². The van der Waals surface area contributed by atoms with Crippen LogP contribution in [0.3, 0.4) is 0 Å². The van der Waals surface area contributed by atoms with Crippen LogP contribution in [0.15, 0.2) is 36.7 Å². The molecule has 0 unspecified atom stereocenters. The van der Waals surface area contributed by atoms with E-state index in [1.807, 2.05) is 12.1 Å². The van der Waals surface area contributed by atoms with Crippen molar-refractivity contribution in [1.29, 1.82) is 0 Å².